The highest BCUT2D eigenvalue weighted by Crippen LogP contribution is 2.43. The van der Waals surface area contributed by atoms with Gasteiger partial charge in [0.05, 0.1) is 6.67 Å². The van der Waals surface area contributed by atoms with E-state index in [4.69, 9.17) is 0 Å². The second-order valence-corrected chi connectivity index (χ2v) is 5.15. The number of hydrogen-bond acceptors (Lipinski definition) is 4. The minimum atomic E-state index is -0.302. The number of hydrogen-bond donors (Lipinski definition) is 1. The molecule has 0 aromatic carbocycles. The molecule has 0 spiro atoms. The van der Waals surface area contributed by atoms with Gasteiger partial charge in [0.2, 0.25) is 0 Å². The highest BCUT2D eigenvalue weighted by atomic mass is 16.2. The van der Waals surface area contributed by atoms with Gasteiger partial charge in [-0.2, -0.15) is 0 Å². The largest absolute Gasteiger partial charge is 0.330 e. The van der Waals surface area contributed by atoms with Gasteiger partial charge in [-0.3, -0.25) is 14.3 Å². The van der Waals surface area contributed by atoms with E-state index in [0.717, 1.165) is 12.5 Å². The second-order valence-electron chi connectivity index (χ2n) is 5.15. The molecule has 1 atom stereocenters. The molecule has 1 aromatic rings. The molecule has 6 nitrogen and oxygen atoms in total. The molecular weight excluding hydrogens is 220 g/mol. The normalized spacial score (nSPS) is 20.8. The van der Waals surface area contributed by atoms with Crippen LogP contribution in [0.15, 0.2) is 9.59 Å². The number of aromatic amines is 1. The SMILES string of the molecule is CC(C)Cn1c2c(c(=O)[nH]c1=O)N1CN2C1C. The van der Waals surface area contributed by atoms with Crippen LogP contribution in [0, 0.1) is 5.92 Å². The summed E-state index contributed by atoms with van der Waals surface area (Å²) in [7, 11) is 0. The summed E-state index contributed by atoms with van der Waals surface area (Å²) < 4.78 is 1.69. The van der Waals surface area contributed by atoms with Gasteiger partial charge in [-0.1, -0.05) is 13.8 Å². The van der Waals surface area contributed by atoms with Crippen LogP contribution in [-0.2, 0) is 6.54 Å². The number of nitrogens with zero attached hydrogens (tertiary/aromatic N) is 3. The fraction of sp³-hybridized carbons (Fsp3) is 0.636. The Morgan fingerprint density at radius 3 is 2.65 bits per heavy atom. The Balaban J connectivity index is 2.23. The maximum absolute atomic E-state index is 11.9. The maximum atomic E-state index is 11.9. The zero-order valence-electron chi connectivity index (χ0n) is 10.2. The van der Waals surface area contributed by atoms with Crippen molar-refractivity contribution in [3.63, 3.8) is 0 Å². The van der Waals surface area contributed by atoms with E-state index in [2.05, 4.69) is 23.7 Å². The van der Waals surface area contributed by atoms with Crippen LogP contribution in [0.3, 0.4) is 0 Å². The Bertz CT molecular complexity index is 586. The molecular formula is C11H16N4O2. The van der Waals surface area contributed by atoms with Crippen molar-refractivity contribution < 1.29 is 0 Å². The molecule has 4 rings (SSSR count). The topological polar surface area (TPSA) is 61.3 Å². The second kappa shape index (κ2) is 3.15. The first-order valence-corrected chi connectivity index (χ1v) is 5.91. The summed E-state index contributed by atoms with van der Waals surface area (Å²) in [5.74, 6) is 1.16. The summed E-state index contributed by atoms with van der Waals surface area (Å²) in [4.78, 5) is 30.2. The number of nitrogens with one attached hydrogen (secondary N) is 1. The maximum Gasteiger partial charge on any atom is 0.330 e. The molecule has 17 heavy (non-hydrogen) atoms. The molecule has 92 valence electrons. The van der Waals surface area contributed by atoms with E-state index in [-0.39, 0.29) is 17.4 Å². The van der Waals surface area contributed by atoms with Crippen LogP contribution in [0.1, 0.15) is 20.8 Å². The molecule has 0 aliphatic carbocycles. The third kappa shape index (κ3) is 1.20. The number of aromatic nitrogens is 2. The van der Waals surface area contributed by atoms with Crippen molar-refractivity contribution in [2.45, 2.75) is 33.5 Å². The van der Waals surface area contributed by atoms with Gasteiger partial charge in [0.15, 0.2) is 0 Å². The average molecular weight is 236 g/mol. The molecule has 3 aliphatic heterocycles. The van der Waals surface area contributed by atoms with Gasteiger partial charge >= 0.3 is 5.69 Å². The molecule has 2 bridgehead atoms. The third-order valence-corrected chi connectivity index (χ3v) is 3.46. The van der Waals surface area contributed by atoms with Crippen molar-refractivity contribution in [3.05, 3.63) is 20.8 Å². The lowest BCUT2D eigenvalue weighted by atomic mass is 10.2. The van der Waals surface area contributed by atoms with Gasteiger partial charge in [0.25, 0.3) is 5.56 Å². The van der Waals surface area contributed by atoms with Crippen LogP contribution in [0.25, 0.3) is 0 Å². The lowest BCUT2D eigenvalue weighted by Crippen LogP contribution is -2.58. The van der Waals surface area contributed by atoms with E-state index in [9.17, 15) is 9.59 Å². The average Bonchev–Trinajstić information content (AvgIpc) is 2.76. The van der Waals surface area contributed by atoms with E-state index in [1.54, 1.807) is 4.57 Å². The fourth-order valence-corrected chi connectivity index (χ4v) is 2.61. The van der Waals surface area contributed by atoms with Gasteiger partial charge in [0, 0.05) is 6.54 Å². The molecule has 1 N–H and O–H groups in total. The van der Waals surface area contributed by atoms with Crippen molar-refractivity contribution in [3.8, 4) is 0 Å². The summed E-state index contributed by atoms with van der Waals surface area (Å²) in [6, 6.07) is 0. The van der Waals surface area contributed by atoms with Gasteiger partial charge < -0.3 is 9.80 Å². The first-order chi connectivity index (χ1) is 8.00. The van der Waals surface area contributed by atoms with Crippen molar-refractivity contribution in [1.29, 1.82) is 0 Å². The summed E-state index contributed by atoms with van der Waals surface area (Å²) in [6.07, 6.45) is 0.200. The standard InChI is InChI=1S/C11H16N4O2/c1-6(2)4-13-10-8(9(16)12-11(13)17)14-5-15(10)7(14)3/h6-7H,4-5H2,1-3H3,(H,12,16,17). The van der Waals surface area contributed by atoms with E-state index < -0.39 is 0 Å². The van der Waals surface area contributed by atoms with Gasteiger partial charge in [-0.05, 0) is 12.8 Å². The fourth-order valence-electron chi connectivity index (χ4n) is 2.61. The Hall–Kier alpha value is -1.72. The molecule has 6 heteroatoms. The molecule has 1 saturated heterocycles. The van der Waals surface area contributed by atoms with E-state index in [0.29, 0.717) is 18.2 Å². The zero-order chi connectivity index (χ0) is 12.3. The van der Waals surface area contributed by atoms with Crippen LogP contribution in [-0.4, -0.2) is 22.4 Å². The smallest absolute Gasteiger partial charge is 0.326 e. The molecule has 1 unspecified atom stereocenters. The number of anilines is 2. The van der Waals surface area contributed by atoms with E-state index in [1.807, 2.05) is 11.8 Å². The predicted molar refractivity (Wildman–Crippen MR) is 65.4 cm³/mol. The first kappa shape index (κ1) is 10.4. The van der Waals surface area contributed by atoms with Crippen molar-refractivity contribution in [2.24, 2.45) is 5.92 Å². The lowest BCUT2D eigenvalue weighted by Gasteiger charge is -2.41. The molecule has 0 amide bonds. The molecule has 1 aromatic heterocycles. The Morgan fingerprint density at radius 1 is 1.35 bits per heavy atom. The van der Waals surface area contributed by atoms with Gasteiger partial charge in [0.1, 0.15) is 17.7 Å². The summed E-state index contributed by atoms with van der Waals surface area (Å²) >= 11 is 0. The lowest BCUT2D eigenvalue weighted by molar-refractivity contribution is 0.477. The monoisotopic (exact) mass is 236 g/mol. The minimum absolute atomic E-state index is 0.200. The van der Waals surface area contributed by atoms with Crippen LogP contribution in [0.2, 0.25) is 0 Å². The third-order valence-electron chi connectivity index (χ3n) is 3.46. The molecule has 0 saturated carbocycles. The summed E-state index contributed by atoms with van der Waals surface area (Å²) in [6.45, 7) is 7.51. The van der Waals surface area contributed by atoms with E-state index >= 15 is 0 Å². The Kier molecular flexibility index (Phi) is 1.93. The Labute approximate surface area is 98.5 Å². The molecule has 1 fully saturated rings. The predicted octanol–water partition coefficient (Wildman–Crippen LogP) is 0.136. The highest BCUT2D eigenvalue weighted by molar-refractivity contribution is 5.79. The van der Waals surface area contributed by atoms with Crippen LogP contribution >= 0.6 is 0 Å². The van der Waals surface area contributed by atoms with Crippen molar-refractivity contribution >= 4 is 11.5 Å². The van der Waals surface area contributed by atoms with Crippen molar-refractivity contribution in [2.75, 3.05) is 16.5 Å². The Morgan fingerprint density at radius 2 is 2.06 bits per heavy atom. The molecule has 3 aliphatic rings. The number of rotatable bonds is 2. The van der Waals surface area contributed by atoms with Crippen LogP contribution in [0.4, 0.5) is 11.5 Å². The minimum Gasteiger partial charge on any atom is -0.326 e. The quantitative estimate of drug-likeness (QED) is 0.793. The van der Waals surface area contributed by atoms with Crippen LogP contribution in [0.5, 0.6) is 0 Å². The number of H-pyrrole nitrogens is 1. The van der Waals surface area contributed by atoms with Gasteiger partial charge in [-0.15, -0.1) is 0 Å². The van der Waals surface area contributed by atoms with Gasteiger partial charge in [-0.25, -0.2) is 4.79 Å². The summed E-state index contributed by atoms with van der Waals surface area (Å²) in [5.41, 5.74) is 0.0815. The zero-order valence-corrected chi connectivity index (χ0v) is 10.2. The van der Waals surface area contributed by atoms with Crippen molar-refractivity contribution in [1.82, 2.24) is 9.55 Å². The van der Waals surface area contributed by atoms with E-state index in [1.165, 1.54) is 0 Å². The summed E-state index contributed by atoms with van der Waals surface area (Å²) in [5, 5.41) is 0. The highest BCUT2D eigenvalue weighted by Gasteiger charge is 2.47. The molecule has 4 heterocycles. The molecule has 0 radical (unpaired) electrons. The van der Waals surface area contributed by atoms with Crippen LogP contribution < -0.4 is 21.0 Å². The first-order valence-electron chi connectivity index (χ1n) is 5.91.